The lowest BCUT2D eigenvalue weighted by atomic mass is 10.2. The van der Waals surface area contributed by atoms with Crippen LogP contribution in [0.3, 0.4) is 0 Å². The molecule has 2 heterocycles. The number of amides is 1. The van der Waals surface area contributed by atoms with Gasteiger partial charge < -0.3 is 10.1 Å². The second-order valence-electron chi connectivity index (χ2n) is 4.33. The zero-order valence-electron chi connectivity index (χ0n) is 11.4. The van der Waals surface area contributed by atoms with Crippen LogP contribution in [0.4, 0.5) is 13.2 Å². The van der Waals surface area contributed by atoms with Crippen molar-refractivity contribution in [3.05, 3.63) is 36.0 Å². The van der Waals surface area contributed by atoms with Gasteiger partial charge in [-0.05, 0) is 19.1 Å². The molecule has 0 aromatic carbocycles. The summed E-state index contributed by atoms with van der Waals surface area (Å²) in [5, 5.41) is 8.79. The monoisotopic (exact) mass is 315 g/mol. The van der Waals surface area contributed by atoms with Crippen LogP contribution in [-0.4, -0.2) is 38.9 Å². The number of rotatable bonds is 5. The summed E-state index contributed by atoms with van der Waals surface area (Å²) in [7, 11) is 0. The van der Waals surface area contributed by atoms with Crippen molar-refractivity contribution in [2.24, 2.45) is 0 Å². The summed E-state index contributed by atoms with van der Waals surface area (Å²) in [6.45, 7) is 0.118. The summed E-state index contributed by atoms with van der Waals surface area (Å²) in [5.74, 6) is -0.605. The smallest absolute Gasteiger partial charge is 0.422 e. The number of halogens is 3. The molecular weight excluding hydrogens is 303 g/mol. The summed E-state index contributed by atoms with van der Waals surface area (Å²) in [6.07, 6.45) is -2.00. The first-order chi connectivity index (χ1) is 10.4. The highest BCUT2D eigenvalue weighted by Gasteiger charge is 2.29. The van der Waals surface area contributed by atoms with E-state index >= 15 is 0 Å². The number of pyridine rings is 1. The van der Waals surface area contributed by atoms with E-state index in [9.17, 15) is 18.0 Å². The molecule has 7 nitrogen and oxygen atoms in total. The normalized spacial score (nSPS) is 12.7. The molecule has 0 saturated heterocycles. The first kappa shape index (κ1) is 15.7. The lowest BCUT2D eigenvalue weighted by Crippen LogP contribution is -2.28. The van der Waals surface area contributed by atoms with Gasteiger partial charge in [0.05, 0.1) is 6.04 Å². The van der Waals surface area contributed by atoms with E-state index in [1.54, 1.807) is 6.92 Å². The van der Waals surface area contributed by atoms with Gasteiger partial charge in [0.15, 0.2) is 6.61 Å². The van der Waals surface area contributed by atoms with Crippen LogP contribution < -0.4 is 10.1 Å². The van der Waals surface area contributed by atoms with E-state index < -0.39 is 24.7 Å². The fraction of sp³-hybridized carbons (Fsp3) is 0.333. The van der Waals surface area contributed by atoms with Crippen LogP contribution in [0.5, 0.6) is 5.88 Å². The Hall–Kier alpha value is -2.65. The fourth-order valence-corrected chi connectivity index (χ4v) is 1.60. The van der Waals surface area contributed by atoms with Crippen molar-refractivity contribution in [1.82, 2.24) is 25.5 Å². The van der Waals surface area contributed by atoms with Crippen molar-refractivity contribution < 1.29 is 22.7 Å². The Bertz CT molecular complexity index is 630. The highest BCUT2D eigenvalue weighted by molar-refractivity contribution is 5.96. The Balaban J connectivity index is 2.09. The second kappa shape index (κ2) is 6.41. The van der Waals surface area contributed by atoms with E-state index in [0.717, 1.165) is 0 Å². The Morgan fingerprint density at radius 1 is 1.45 bits per heavy atom. The maximum atomic E-state index is 12.2. The number of nitrogens with one attached hydrogen (secondary N) is 2. The highest BCUT2D eigenvalue weighted by Crippen LogP contribution is 2.20. The minimum absolute atomic E-state index is 0.0990. The van der Waals surface area contributed by atoms with Crippen molar-refractivity contribution in [2.75, 3.05) is 6.61 Å². The number of carbonyl (C=O) groups is 1. The topological polar surface area (TPSA) is 92.8 Å². The van der Waals surface area contributed by atoms with Crippen molar-refractivity contribution in [1.29, 1.82) is 0 Å². The molecule has 0 radical (unpaired) electrons. The summed E-state index contributed by atoms with van der Waals surface area (Å²) >= 11 is 0. The van der Waals surface area contributed by atoms with Gasteiger partial charge in [-0.2, -0.15) is 18.3 Å². The van der Waals surface area contributed by atoms with Gasteiger partial charge in [-0.1, -0.05) is 0 Å². The molecule has 2 N–H and O–H groups in total. The molecule has 0 saturated carbocycles. The second-order valence-corrected chi connectivity index (χ2v) is 4.33. The quantitative estimate of drug-likeness (QED) is 0.875. The molecule has 2 rings (SSSR count). The highest BCUT2D eigenvalue weighted by atomic mass is 19.4. The lowest BCUT2D eigenvalue weighted by Gasteiger charge is -2.14. The van der Waals surface area contributed by atoms with Gasteiger partial charge in [0.1, 0.15) is 17.7 Å². The average Bonchev–Trinajstić information content (AvgIpc) is 2.99. The van der Waals surface area contributed by atoms with Crippen molar-refractivity contribution in [3.63, 3.8) is 0 Å². The van der Waals surface area contributed by atoms with E-state index in [2.05, 4.69) is 30.2 Å². The van der Waals surface area contributed by atoms with Gasteiger partial charge in [-0.15, -0.1) is 0 Å². The molecule has 0 spiro atoms. The van der Waals surface area contributed by atoms with Crippen LogP contribution >= 0.6 is 0 Å². The minimum atomic E-state index is -4.52. The first-order valence-corrected chi connectivity index (χ1v) is 6.17. The summed E-state index contributed by atoms with van der Waals surface area (Å²) in [6, 6.07) is 2.24. The summed E-state index contributed by atoms with van der Waals surface area (Å²) < 4.78 is 41.2. The van der Waals surface area contributed by atoms with E-state index in [-0.39, 0.29) is 11.4 Å². The van der Waals surface area contributed by atoms with Crippen LogP contribution in [-0.2, 0) is 0 Å². The molecule has 2 aromatic rings. The number of hydrogen-bond donors (Lipinski definition) is 2. The number of hydrogen-bond acceptors (Lipinski definition) is 5. The molecule has 0 fully saturated rings. The molecule has 0 bridgehead atoms. The third-order valence-electron chi connectivity index (χ3n) is 2.58. The van der Waals surface area contributed by atoms with E-state index in [0.29, 0.717) is 5.82 Å². The van der Waals surface area contributed by atoms with Gasteiger partial charge in [0.2, 0.25) is 5.88 Å². The van der Waals surface area contributed by atoms with E-state index in [1.807, 2.05) is 0 Å². The number of aromatic nitrogens is 4. The molecule has 10 heteroatoms. The number of ether oxygens (including phenoxy) is 1. The zero-order valence-corrected chi connectivity index (χ0v) is 11.4. The number of H-pyrrole nitrogens is 1. The van der Waals surface area contributed by atoms with E-state index in [4.69, 9.17) is 0 Å². The van der Waals surface area contributed by atoms with Gasteiger partial charge in [0, 0.05) is 6.20 Å². The third kappa shape index (κ3) is 4.17. The Labute approximate surface area is 122 Å². The number of carbonyl (C=O) groups excluding carboxylic acids is 1. The predicted octanol–water partition coefficient (Wildman–Crippen LogP) is 1.63. The lowest BCUT2D eigenvalue weighted by molar-refractivity contribution is -0.154. The Morgan fingerprint density at radius 3 is 2.86 bits per heavy atom. The molecule has 1 amide bonds. The van der Waals surface area contributed by atoms with Gasteiger partial charge in [-0.3, -0.25) is 9.89 Å². The summed E-state index contributed by atoms with van der Waals surface area (Å²) in [4.78, 5) is 19.7. The fourth-order valence-electron chi connectivity index (χ4n) is 1.60. The van der Waals surface area contributed by atoms with Crippen LogP contribution in [0.2, 0.25) is 0 Å². The van der Waals surface area contributed by atoms with Gasteiger partial charge in [0.25, 0.3) is 5.91 Å². The molecule has 1 atom stereocenters. The van der Waals surface area contributed by atoms with E-state index in [1.165, 1.54) is 24.7 Å². The number of nitrogens with zero attached hydrogens (tertiary/aromatic N) is 3. The molecule has 0 aliphatic rings. The summed E-state index contributed by atoms with van der Waals surface area (Å²) in [5.41, 5.74) is -0.0990. The molecule has 118 valence electrons. The average molecular weight is 315 g/mol. The predicted molar refractivity (Wildman–Crippen MR) is 68.1 cm³/mol. The van der Waals surface area contributed by atoms with Gasteiger partial charge in [-0.25, -0.2) is 9.97 Å². The number of aromatic amines is 1. The van der Waals surface area contributed by atoms with Crippen molar-refractivity contribution in [3.8, 4) is 5.88 Å². The van der Waals surface area contributed by atoms with Crippen LogP contribution in [0.15, 0.2) is 24.7 Å². The standard InChI is InChI=1S/C12H12F3N5O2/c1-7(9-17-6-18-20-9)19-10(21)8-3-2-4-16-11(8)22-5-12(13,14)15/h2-4,6-7H,5H2,1H3,(H,19,21)(H,17,18,20). The largest absolute Gasteiger partial charge is 0.467 e. The zero-order chi connectivity index (χ0) is 16.2. The van der Waals surface area contributed by atoms with Gasteiger partial charge >= 0.3 is 6.18 Å². The van der Waals surface area contributed by atoms with Crippen molar-refractivity contribution >= 4 is 5.91 Å². The molecule has 22 heavy (non-hydrogen) atoms. The van der Waals surface area contributed by atoms with Crippen LogP contribution in [0.25, 0.3) is 0 Å². The molecule has 0 aliphatic carbocycles. The third-order valence-corrected chi connectivity index (χ3v) is 2.58. The Morgan fingerprint density at radius 2 is 2.23 bits per heavy atom. The SMILES string of the molecule is CC(NC(=O)c1cccnc1OCC(F)(F)F)c1ncn[nH]1. The molecule has 0 aliphatic heterocycles. The number of alkyl halides is 3. The molecule has 1 unspecified atom stereocenters. The molecular formula is C12H12F3N5O2. The van der Waals surface area contributed by atoms with Crippen molar-refractivity contribution in [2.45, 2.75) is 19.1 Å². The van der Waals surface area contributed by atoms with Crippen LogP contribution in [0, 0.1) is 0 Å². The molecule has 2 aromatic heterocycles. The Kier molecular flexibility index (Phi) is 4.59. The van der Waals surface area contributed by atoms with Crippen LogP contribution in [0.1, 0.15) is 29.1 Å². The maximum Gasteiger partial charge on any atom is 0.422 e. The first-order valence-electron chi connectivity index (χ1n) is 6.17. The minimum Gasteiger partial charge on any atom is -0.467 e. The maximum absolute atomic E-state index is 12.2.